The molecule has 1 aliphatic carbocycles. The summed E-state index contributed by atoms with van der Waals surface area (Å²) in [6, 6.07) is 3.31. The van der Waals surface area contributed by atoms with Gasteiger partial charge in [0.2, 0.25) is 11.8 Å². The van der Waals surface area contributed by atoms with E-state index < -0.39 is 35.6 Å². The number of anilines is 1. The minimum atomic E-state index is -0.985. The summed E-state index contributed by atoms with van der Waals surface area (Å²) in [6.07, 6.45) is 1.40. The molecule has 1 aromatic carbocycles. The SMILES string of the molecule is O=C(O)C1CCC1C(=O)NC1CCN(c2ccc(F)c(Cl)c2)C1=O. The normalized spacial score (nSPS) is 26.2. The van der Waals surface area contributed by atoms with Crippen LogP contribution in [0, 0.1) is 17.7 Å². The van der Waals surface area contributed by atoms with E-state index in [1.54, 1.807) is 0 Å². The van der Waals surface area contributed by atoms with E-state index in [0.29, 0.717) is 31.5 Å². The number of benzene rings is 1. The molecule has 1 heterocycles. The maximum Gasteiger partial charge on any atom is 0.307 e. The summed E-state index contributed by atoms with van der Waals surface area (Å²) in [7, 11) is 0. The second-order valence-corrected chi connectivity index (χ2v) is 6.47. The summed E-state index contributed by atoms with van der Waals surface area (Å²) in [5.41, 5.74) is 0.468. The van der Waals surface area contributed by atoms with Crippen molar-refractivity contribution in [1.82, 2.24) is 5.32 Å². The lowest BCUT2D eigenvalue weighted by Gasteiger charge is -2.32. The van der Waals surface area contributed by atoms with Crippen LogP contribution in [0.2, 0.25) is 5.02 Å². The molecule has 128 valence electrons. The maximum absolute atomic E-state index is 13.2. The molecule has 2 fully saturated rings. The number of nitrogens with zero attached hydrogens (tertiary/aromatic N) is 1. The zero-order valence-electron chi connectivity index (χ0n) is 12.7. The highest BCUT2D eigenvalue weighted by atomic mass is 35.5. The van der Waals surface area contributed by atoms with E-state index in [-0.39, 0.29) is 10.9 Å². The first kappa shape index (κ1) is 16.7. The van der Waals surface area contributed by atoms with Crippen LogP contribution in [0.5, 0.6) is 0 Å². The average molecular weight is 355 g/mol. The van der Waals surface area contributed by atoms with E-state index in [1.165, 1.54) is 23.1 Å². The third-order valence-corrected chi connectivity index (χ3v) is 4.95. The van der Waals surface area contributed by atoms with Gasteiger partial charge in [0, 0.05) is 12.2 Å². The minimum Gasteiger partial charge on any atom is -0.481 e. The average Bonchev–Trinajstić information content (AvgIpc) is 2.81. The van der Waals surface area contributed by atoms with Crippen LogP contribution in [0.4, 0.5) is 10.1 Å². The molecule has 0 spiro atoms. The standard InChI is InChI=1S/C16H16ClFN2O4/c17-11-7-8(1-4-12(11)18)20-6-5-13(15(20)22)19-14(21)9-2-3-10(9)16(23)24/h1,4,7,9-10,13H,2-3,5-6H2,(H,19,21)(H,23,24). The summed E-state index contributed by atoms with van der Waals surface area (Å²) >= 11 is 5.74. The van der Waals surface area contributed by atoms with Crippen molar-refractivity contribution in [1.29, 1.82) is 0 Å². The van der Waals surface area contributed by atoms with Gasteiger partial charge in [-0.2, -0.15) is 0 Å². The molecular formula is C16H16ClFN2O4. The molecule has 1 saturated heterocycles. The van der Waals surface area contributed by atoms with Crippen LogP contribution in [-0.4, -0.2) is 35.5 Å². The molecule has 24 heavy (non-hydrogen) atoms. The Morgan fingerprint density at radius 3 is 2.54 bits per heavy atom. The Labute approximate surface area is 142 Å². The summed E-state index contributed by atoms with van der Waals surface area (Å²) in [5.74, 6) is -3.51. The molecule has 2 amide bonds. The number of hydrogen-bond donors (Lipinski definition) is 2. The largest absolute Gasteiger partial charge is 0.481 e. The highest BCUT2D eigenvalue weighted by molar-refractivity contribution is 6.31. The van der Waals surface area contributed by atoms with Crippen molar-refractivity contribution in [2.75, 3.05) is 11.4 Å². The summed E-state index contributed by atoms with van der Waals surface area (Å²) in [5, 5.41) is 11.6. The number of carbonyl (C=O) groups is 3. The van der Waals surface area contributed by atoms with E-state index in [0.717, 1.165) is 0 Å². The Kier molecular flexibility index (Phi) is 4.45. The van der Waals surface area contributed by atoms with Crippen LogP contribution in [0.25, 0.3) is 0 Å². The molecule has 1 aromatic rings. The molecule has 8 heteroatoms. The Morgan fingerprint density at radius 1 is 1.25 bits per heavy atom. The van der Waals surface area contributed by atoms with Crippen LogP contribution in [0.3, 0.4) is 0 Å². The quantitative estimate of drug-likeness (QED) is 0.863. The second kappa shape index (κ2) is 6.39. The first-order valence-corrected chi connectivity index (χ1v) is 8.06. The van der Waals surface area contributed by atoms with Gasteiger partial charge in [-0.3, -0.25) is 14.4 Å². The van der Waals surface area contributed by atoms with Crippen molar-refractivity contribution in [2.24, 2.45) is 11.8 Å². The Bertz CT molecular complexity index is 711. The van der Waals surface area contributed by atoms with Crippen LogP contribution in [0.15, 0.2) is 18.2 Å². The number of aliphatic carboxylic acids is 1. The Balaban J connectivity index is 1.65. The fourth-order valence-electron chi connectivity index (χ4n) is 3.11. The monoisotopic (exact) mass is 354 g/mol. The van der Waals surface area contributed by atoms with Crippen LogP contribution in [0.1, 0.15) is 19.3 Å². The number of nitrogens with one attached hydrogen (secondary N) is 1. The van der Waals surface area contributed by atoms with Gasteiger partial charge in [0.05, 0.1) is 16.9 Å². The zero-order chi connectivity index (χ0) is 17.4. The number of rotatable bonds is 4. The van der Waals surface area contributed by atoms with E-state index in [2.05, 4.69) is 5.32 Å². The molecule has 2 aliphatic rings. The predicted octanol–water partition coefficient (Wildman–Crippen LogP) is 1.81. The number of carboxylic acids is 1. The molecule has 3 rings (SSSR count). The molecular weight excluding hydrogens is 339 g/mol. The van der Waals surface area contributed by atoms with Crippen molar-refractivity contribution in [3.05, 3.63) is 29.0 Å². The van der Waals surface area contributed by atoms with Gasteiger partial charge in [0.15, 0.2) is 0 Å². The van der Waals surface area contributed by atoms with Crippen LogP contribution in [-0.2, 0) is 14.4 Å². The van der Waals surface area contributed by atoms with Gasteiger partial charge in [0.25, 0.3) is 0 Å². The van der Waals surface area contributed by atoms with Crippen LogP contribution < -0.4 is 10.2 Å². The van der Waals surface area contributed by atoms with Gasteiger partial charge in [-0.15, -0.1) is 0 Å². The van der Waals surface area contributed by atoms with Gasteiger partial charge in [-0.05, 0) is 37.5 Å². The van der Waals surface area contributed by atoms with Gasteiger partial charge < -0.3 is 15.3 Å². The van der Waals surface area contributed by atoms with Crippen molar-refractivity contribution in [3.8, 4) is 0 Å². The van der Waals surface area contributed by atoms with Gasteiger partial charge >= 0.3 is 5.97 Å². The van der Waals surface area contributed by atoms with Crippen molar-refractivity contribution in [2.45, 2.75) is 25.3 Å². The zero-order valence-corrected chi connectivity index (χ0v) is 13.4. The highest BCUT2D eigenvalue weighted by Crippen LogP contribution is 2.35. The molecule has 2 N–H and O–H groups in total. The first-order chi connectivity index (χ1) is 11.4. The fraction of sp³-hybridized carbons (Fsp3) is 0.438. The first-order valence-electron chi connectivity index (χ1n) is 7.68. The topological polar surface area (TPSA) is 86.7 Å². The van der Waals surface area contributed by atoms with Crippen molar-refractivity contribution >= 4 is 35.1 Å². The lowest BCUT2D eigenvalue weighted by Crippen LogP contribution is -2.49. The molecule has 0 aromatic heterocycles. The van der Waals surface area contributed by atoms with E-state index in [1.807, 2.05) is 0 Å². The summed E-state index contributed by atoms with van der Waals surface area (Å²) in [6.45, 7) is 0.374. The second-order valence-electron chi connectivity index (χ2n) is 6.07. The number of carboxylic acid groups (broad SMARTS) is 1. The Morgan fingerprint density at radius 2 is 1.96 bits per heavy atom. The van der Waals surface area contributed by atoms with Gasteiger partial charge in [-0.1, -0.05) is 11.6 Å². The highest BCUT2D eigenvalue weighted by Gasteiger charge is 2.43. The van der Waals surface area contributed by atoms with E-state index in [9.17, 15) is 18.8 Å². The third-order valence-electron chi connectivity index (χ3n) is 4.67. The number of carbonyl (C=O) groups excluding carboxylic acids is 2. The van der Waals surface area contributed by atoms with Crippen LogP contribution >= 0.6 is 11.6 Å². The number of halogens is 2. The molecule has 1 aliphatic heterocycles. The fourth-order valence-corrected chi connectivity index (χ4v) is 3.29. The van der Waals surface area contributed by atoms with Crippen molar-refractivity contribution < 1.29 is 23.9 Å². The lowest BCUT2D eigenvalue weighted by molar-refractivity contribution is -0.153. The number of hydrogen-bond acceptors (Lipinski definition) is 3. The predicted molar refractivity (Wildman–Crippen MR) is 84.2 cm³/mol. The molecule has 3 atom stereocenters. The van der Waals surface area contributed by atoms with Gasteiger partial charge in [0.1, 0.15) is 11.9 Å². The maximum atomic E-state index is 13.2. The smallest absolute Gasteiger partial charge is 0.307 e. The third kappa shape index (κ3) is 2.96. The lowest BCUT2D eigenvalue weighted by atomic mass is 9.73. The molecule has 1 saturated carbocycles. The Hall–Kier alpha value is -2.15. The molecule has 3 unspecified atom stereocenters. The minimum absolute atomic E-state index is 0.0773. The van der Waals surface area contributed by atoms with E-state index in [4.69, 9.17) is 16.7 Å². The van der Waals surface area contributed by atoms with Crippen molar-refractivity contribution in [3.63, 3.8) is 0 Å². The number of amides is 2. The molecule has 0 radical (unpaired) electrons. The summed E-state index contributed by atoms with van der Waals surface area (Å²) in [4.78, 5) is 37.0. The van der Waals surface area contributed by atoms with Gasteiger partial charge in [-0.25, -0.2) is 4.39 Å². The molecule has 0 bridgehead atoms. The van der Waals surface area contributed by atoms with E-state index >= 15 is 0 Å². The molecule has 6 nitrogen and oxygen atoms in total. The summed E-state index contributed by atoms with van der Waals surface area (Å²) < 4.78 is 13.2.